The van der Waals surface area contributed by atoms with Crippen LogP contribution in [-0.4, -0.2) is 37.1 Å². The van der Waals surface area contributed by atoms with E-state index in [9.17, 15) is 0 Å². The summed E-state index contributed by atoms with van der Waals surface area (Å²) in [4.78, 5) is 2.72. The third-order valence-electron chi connectivity index (χ3n) is 3.59. The topological polar surface area (TPSA) is 15.3 Å². The van der Waals surface area contributed by atoms with Crippen molar-refractivity contribution >= 4 is 0 Å². The zero-order valence-corrected chi connectivity index (χ0v) is 8.76. The van der Waals surface area contributed by atoms with Gasteiger partial charge in [-0.05, 0) is 44.8 Å². The molecule has 2 atom stereocenters. The number of hydrogen-bond acceptors (Lipinski definition) is 2. The molecule has 0 bridgehead atoms. The first-order chi connectivity index (χ1) is 6.42. The van der Waals surface area contributed by atoms with Crippen molar-refractivity contribution in [2.45, 2.75) is 38.6 Å². The van der Waals surface area contributed by atoms with Gasteiger partial charge in [-0.25, -0.2) is 0 Å². The van der Waals surface area contributed by atoms with Gasteiger partial charge in [0.15, 0.2) is 0 Å². The Labute approximate surface area is 81.7 Å². The second-order valence-corrected chi connectivity index (χ2v) is 4.52. The van der Waals surface area contributed by atoms with Gasteiger partial charge >= 0.3 is 0 Å². The Bertz CT molecular complexity index is 158. The number of nitrogens with zero attached hydrogens (tertiary/aromatic N) is 1. The Morgan fingerprint density at radius 2 is 2.31 bits per heavy atom. The van der Waals surface area contributed by atoms with E-state index in [1.807, 2.05) is 0 Å². The first-order valence-corrected chi connectivity index (χ1v) is 5.86. The summed E-state index contributed by atoms with van der Waals surface area (Å²) in [7, 11) is 0. The third-order valence-corrected chi connectivity index (χ3v) is 3.59. The quantitative estimate of drug-likeness (QED) is 0.711. The normalized spacial score (nSPS) is 34.8. The molecule has 2 aliphatic heterocycles. The number of unbranched alkanes of at least 4 members (excludes halogenated alkanes) is 1. The van der Waals surface area contributed by atoms with Crippen molar-refractivity contribution in [2.75, 3.05) is 26.2 Å². The van der Waals surface area contributed by atoms with Crippen molar-refractivity contribution in [2.24, 2.45) is 5.92 Å². The summed E-state index contributed by atoms with van der Waals surface area (Å²) in [5, 5.41) is 3.53. The summed E-state index contributed by atoms with van der Waals surface area (Å²) in [5.74, 6) is 0.964. The first kappa shape index (κ1) is 9.47. The average Bonchev–Trinajstić information content (AvgIpc) is 2.62. The molecule has 2 heterocycles. The van der Waals surface area contributed by atoms with E-state index in [4.69, 9.17) is 0 Å². The third kappa shape index (κ3) is 2.05. The first-order valence-electron chi connectivity index (χ1n) is 5.86. The Balaban J connectivity index is 1.86. The lowest BCUT2D eigenvalue weighted by molar-refractivity contribution is 0.123. The molecule has 2 nitrogen and oxygen atoms in total. The lowest BCUT2D eigenvalue weighted by Gasteiger charge is -2.36. The van der Waals surface area contributed by atoms with E-state index in [0.717, 1.165) is 12.0 Å². The maximum Gasteiger partial charge on any atom is 0.0260 e. The largest absolute Gasteiger partial charge is 0.315 e. The highest BCUT2D eigenvalue weighted by Gasteiger charge is 2.34. The van der Waals surface area contributed by atoms with Crippen molar-refractivity contribution in [3.8, 4) is 0 Å². The number of hydrogen-bond donors (Lipinski definition) is 1. The molecular weight excluding hydrogens is 160 g/mol. The van der Waals surface area contributed by atoms with Crippen molar-refractivity contribution in [3.05, 3.63) is 0 Å². The van der Waals surface area contributed by atoms with E-state index >= 15 is 0 Å². The Hall–Kier alpha value is -0.0800. The molecule has 76 valence electrons. The molecule has 2 rings (SSSR count). The minimum absolute atomic E-state index is 0.875. The Morgan fingerprint density at radius 3 is 3.15 bits per heavy atom. The SMILES string of the molecule is CCCCN1CCCC2CNCC21. The van der Waals surface area contributed by atoms with Gasteiger partial charge in [-0.15, -0.1) is 0 Å². The molecule has 0 aromatic carbocycles. The molecule has 0 aromatic rings. The predicted molar refractivity (Wildman–Crippen MR) is 55.9 cm³/mol. The van der Waals surface area contributed by atoms with Crippen molar-refractivity contribution in [1.82, 2.24) is 10.2 Å². The smallest absolute Gasteiger partial charge is 0.0260 e. The zero-order valence-electron chi connectivity index (χ0n) is 8.76. The van der Waals surface area contributed by atoms with Crippen molar-refractivity contribution in [1.29, 1.82) is 0 Å². The predicted octanol–water partition coefficient (Wildman–Crippen LogP) is 1.47. The summed E-state index contributed by atoms with van der Waals surface area (Å²) in [6.07, 6.45) is 5.59. The fraction of sp³-hybridized carbons (Fsp3) is 1.00. The summed E-state index contributed by atoms with van der Waals surface area (Å²) in [5.41, 5.74) is 0. The maximum absolute atomic E-state index is 3.53. The van der Waals surface area contributed by atoms with Crippen LogP contribution in [0.3, 0.4) is 0 Å². The Morgan fingerprint density at radius 1 is 1.38 bits per heavy atom. The lowest BCUT2D eigenvalue weighted by atomic mass is 9.92. The van der Waals surface area contributed by atoms with Crippen LogP contribution < -0.4 is 5.32 Å². The van der Waals surface area contributed by atoms with Gasteiger partial charge in [0.05, 0.1) is 0 Å². The minimum atomic E-state index is 0.875. The molecule has 2 saturated heterocycles. The fourth-order valence-corrected chi connectivity index (χ4v) is 2.80. The van der Waals surface area contributed by atoms with E-state index < -0.39 is 0 Å². The van der Waals surface area contributed by atoms with Gasteiger partial charge in [0.25, 0.3) is 0 Å². The van der Waals surface area contributed by atoms with Crippen LogP contribution >= 0.6 is 0 Å². The average molecular weight is 182 g/mol. The molecule has 2 aliphatic rings. The lowest BCUT2D eigenvalue weighted by Crippen LogP contribution is -2.45. The summed E-state index contributed by atoms with van der Waals surface area (Å²) < 4.78 is 0. The van der Waals surface area contributed by atoms with Crippen LogP contribution in [0, 0.1) is 5.92 Å². The van der Waals surface area contributed by atoms with Crippen LogP contribution in [0.25, 0.3) is 0 Å². The molecule has 0 amide bonds. The number of piperidine rings is 1. The second-order valence-electron chi connectivity index (χ2n) is 4.52. The van der Waals surface area contributed by atoms with Crippen LogP contribution in [0.5, 0.6) is 0 Å². The molecule has 1 N–H and O–H groups in total. The number of fused-ring (bicyclic) bond motifs is 1. The fourth-order valence-electron chi connectivity index (χ4n) is 2.80. The molecule has 13 heavy (non-hydrogen) atoms. The summed E-state index contributed by atoms with van der Waals surface area (Å²) in [6, 6.07) is 0.875. The van der Waals surface area contributed by atoms with E-state index in [2.05, 4.69) is 17.1 Å². The van der Waals surface area contributed by atoms with Crippen LogP contribution in [0.4, 0.5) is 0 Å². The highest BCUT2D eigenvalue weighted by Crippen LogP contribution is 2.26. The molecule has 2 fully saturated rings. The van der Waals surface area contributed by atoms with Gasteiger partial charge < -0.3 is 5.32 Å². The van der Waals surface area contributed by atoms with E-state index in [0.29, 0.717) is 0 Å². The second kappa shape index (κ2) is 4.43. The monoisotopic (exact) mass is 182 g/mol. The van der Waals surface area contributed by atoms with Gasteiger partial charge in [0.2, 0.25) is 0 Å². The van der Waals surface area contributed by atoms with Gasteiger partial charge in [-0.1, -0.05) is 13.3 Å². The van der Waals surface area contributed by atoms with Crippen LogP contribution in [0.1, 0.15) is 32.6 Å². The van der Waals surface area contributed by atoms with Crippen molar-refractivity contribution in [3.63, 3.8) is 0 Å². The molecule has 0 saturated carbocycles. The van der Waals surface area contributed by atoms with Crippen LogP contribution in [0.2, 0.25) is 0 Å². The van der Waals surface area contributed by atoms with Gasteiger partial charge in [-0.2, -0.15) is 0 Å². The van der Waals surface area contributed by atoms with E-state index in [1.165, 1.54) is 51.9 Å². The highest BCUT2D eigenvalue weighted by molar-refractivity contribution is 4.91. The maximum atomic E-state index is 3.53. The number of nitrogens with one attached hydrogen (secondary N) is 1. The standard InChI is InChI=1S/C11H22N2/c1-2-3-6-13-7-4-5-10-8-12-9-11(10)13/h10-12H,2-9H2,1H3. The summed E-state index contributed by atoms with van der Waals surface area (Å²) >= 11 is 0. The van der Waals surface area contributed by atoms with Gasteiger partial charge in [0, 0.05) is 12.6 Å². The molecule has 0 aliphatic carbocycles. The molecule has 2 unspecified atom stereocenters. The Kier molecular flexibility index (Phi) is 3.23. The number of likely N-dealkylation sites (tertiary alicyclic amines) is 1. The van der Waals surface area contributed by atoms with Crippen LogP contribution in [0.15, 0.2) is 0 Å². The van der Waals surface area contributed by atoms with E-state index in [-0.39, 0.29) is 0 Å². The minimum Gasteiger partial charge on any atom is -0.315 e. The molecule has 0 spiro atoms. The highest BCUT2D eigenvalue weighted by atomic mass is 15.2. The van der Waals surface area contributed by atoms with Crippen LogP contribution in [-0.2, 0) is 0 Å². The number of rotatable bonds is 3. The molecule has 0 radical (unpaired) electrons. The van der Waals surface area contributed by atoms with E-state index in [1.54, 1.807) is 0 Å². The summed E-state index contributed by atoms with van der Waals surface area (Å²) in [6.45, 7) is 7.48. The van der Waals surface area contributed by atoms with Crippen molar-refractivity contribution < 1.29 is 0 Å². The molecular formula is C11H22N2. The van der Waals surface area contributed by atoms with Gasteiger partial charge in [-0.3, -0.25) is 4.90 Å². The molecule has 2 heteroatoms. The van der Waals surface area contributed by atoms with Gasteiger partial charge in [0.1, 0.15) is 0 Å². The molecule has 0 aromatic heterocycles. The zero-order chi connectivity index (χ0) is 9.10.